The van der Waals surface area contributed by atoms with Gasteiger partial charge in [-0.2, -0.15) is 11.8 Å². The van der Waals surface area contributed by atoms with Gasteiger partial charge in [-0.05, 0) is 37.7 Å². The van der Waals surface area contributed by atoms with E-state index >= 15 is 0 Å². The summed E-state index contributed by atoms with van der Waals surface area (Å²) in [5.41, 5.74) is 0. The van der Waals surface area contributed by atoms with E-state index in [-0.39, 0.29) is 18.1 Å². The van der Waals surface area contributed by atoms with Gasteiger partial charge in [0.15, 0.2) is 0 Å². The molecule has 2 unspecified atom stereocenters. The van der Waals surface area contributed by atoms with Crippen molar-refractivity contribution in [1.29, 1.82) is 0 Å². The first kappa shape index (κ1) is 14.8. The van der Waals surface area contributed by atoms with Crippen molar-refractivity contribution >= 4 is 17.7 Å². The highest BCUT2D eigenvalue weighted by atomic mass is 32.2. The highest BCUT2D eigenvalue weighted by Crippen LogP contribution is 2.17. The molecule has 1 amide bonds. The van der Waals surface area contributed by atoms with Crippen LogP contribution in [0.4, 0.5) is 0 Å². The van der Waals surface area contributed by atoms with Crippen molar-refractivity contribution in [3.05, 3.63) is 0 Å². The van der Waals surface area contributed by atoms with Crippen LogP contribution in [0.3, 0.4) is 0 Å². The molecule has 1 N–H and O–H groups in total. The summed E-state index contributed by atoms with van der Waals surface area (Å²) in [6, 6.07) is 0.0243. The molecule has 2 atom stereocenters. The van der Waals surface area contributed by atoms with Crippen LogP contribution in [0.5, 0.6) is 0 Å². The van der Waals surface area contributed by atoms with Crippen molar-refractivity contribution in [3.8, 4) is 0 Å². The Morgan fingerprint density at radius 1 is 1.35 bits per heavy atom. The molecule has 1 saturated heterocycles. The highest BCUT2D eigenvalue weighted by Gasteiger charge is 2.37. The molecule has 0 aromatic rings. The minimum Gasteiger partial charge on any atom is -0.326 e. The number of rotatable bonds is 7. The Bertz CT molecular complexity index is 246. The molecular formula is C13H26N2OS. The summed E-state index contributed by atoms with van der Waals surface area (Å²) < 4.78 is 0. The molecule has 3 nitrogen and oxygen atoms in total. The topological polar surface area (TPSA) is 32.3 Å². The Morgan fingerprint density at radius 3 is 2.59 bits per heavy atom. The van der Waals surface area contributed by atoms with E-state index in [0.29, 0.717) is 5.92 Å². The van der Waals surface area contributed by atoms with E-state index in [1.165, 1.54) is 18.6 Å². The molecule has 0 aliphatic carbocycles. The molecule has 1 fully saturated rings. The molecule has 1 aliphatic rings. The maximum atomic E-state index is 12.1. The van der Waals surface area contributed by atoms with Crippen molar-refractivity contribution in [2.24, 2.45) is 5.92 Å². The van der Waals surface area contributed by atoms with Crippen molar-refractivity contribution in [3.63, 3.8) is 0 Å². The maximum Gasteiger partial charge on any atom is 0.241 e. The van der Waals surface area contributed by atoms with Gasteiger partial charge in [0.05, 0.1) is 12.2 Å². The molecule has 0 radical (unpaired) electrons. The molecule has 1 aliphatic heterocycles. The largest absolute Gasteiger partial charge is 0.326 e. The van der Waals surface area contributed by atoms with E-state index < -0.39 is 0 Å². The van der Waals surface area contributed by atoms with E-state index in [9.17, 15) is 4.79 Å². The Hall–Kier alpha value is -0.220. The SMILES string of the molecule is CSCCCCCN1C(=O)C(C(C)C)NC1C. The van der Waals surface area contributed by atoms with Gasteiger partial charge < -0.3 is 4.90 Å². The van der Waals surface area contributed by atoms with Crippen LogP contribution in [-0.2, 0) is 4.79 Å². The second kappa shape index (κ2) is 7.27. The normalized spacial score (nSPS) is 25.0. The number of nitrogens with one attached hydrogen (secondary N) is 1. The van der Waals surface area contributed by atoms with Crippen LogP contribution in [-0.4, -0.2) is 41.6 Å². The first-order valence-corrected chi connectivity index (χ1v) is 8.02. The minimum absolute atomic E-state index is 0.0243. The number of nitrogens with zero attached hydrogens (tertiary/aromatic N) is 1. The number of carbonyl (C=O) groups excluding carboxylic acids is 1. The fourth-order valence-corrected chi connectivity index (χ4v) is 2.77. The van der Waals surface area contributed by atoms with Gasteiger partial charge in [0, 0.05) is 6.54 Å². The van der Waals surface area contributed by atoms with Gasteiger partial charge in [0.2, 0.25) is 5.91 Å². The quantitative estimate of drug-likeness (QED) is 0.711. The second-order valence-corrected chi connectivity index (χ2v) is 6.14. The fourth-order valence-electron chi connectivity index (χ4n) is 2.28. The molecular weight excluding hydrogens is 232 g/mol. The van der Waals surface area contributed by atoms with Gasteiger partial charge >= 0.3 is 0 Å². The third kappa shape index (κ3) is 4.18. The average Bonchev–Trinajstić information content (AvgIpc) is 2.56. The molecule has 1 rings (SSSR count). The first-order valence-electron chi connectivity index (χ1n) is 6.63. The van der Waals surface area contributed by atoms with Crippen LogP contribution in [0.2, 0.25) is 0 Å². The summed E-state index contributed by atoms with van der Waals surface area (Å²) in [7, 11) is 0. The van der Waals surface area contributed by atoms with E-state index in [0.717, 1.165) is 13.0 Å². The molecule has 0 aromatic heterocycles. The zero-order valence-electron chi connectivity index (χ0n) is 11.5. The molecule has 0 aromatic carbocycles. The van der Waals surface area contributed by atoms with Gasteiger partial charge in [-0.25, -0.2) is 0 Å². The van der Waals surface area contributed by atoms with Gasteiger partial charge in [0.1, 0.15) is 0 Å². The fraction of sp³-hybridized carbons (Fsp3) is 0.923. The van der Waals surface area contributed by atoms with Crippen LogP contribution in [0, 0.1) is 5.92 Å². The number of hydrogen-bond donors (Lipinski definition) is 1. The van der Waals surface area contributed by atoms with E-state index in [4.69, 9.17) is 0 Å². The zero-order chi connectivity index (χ0) is 12.8. The zero-order valence-corrected chi connectivity index (χ0v) is 12.3. The van der Waals surface area contributed by atoms with Crippen molar-refractivity contribution < 1.29 is 4.79 Å². The van der Waals surface area contributed by atoms with E-state index in [1.807, 2.05) is 16.7 Å². The lowest BCUT2D eigenvalue weighted by molar-refractivity contribution is -0.130. The predicted molar refractivity (Wildman–Crippen MR) is 75.2 cm³/mol. The molecule has 0 saturated carbocycles. The monoisotopic (exact) mass is 258 g/mol. The standard InChI is InChI=1S/C13H26N2OS/c1-10(2)12-13(16)15(11(3)14-12)8-6-5-7-9-17-4/h10-12,14H,5-9H2,1-4H3. The summed E-state index contributed by atoms with van der Waals surface area (Å²) >= 11 is 1.90. The second-order valence-electron chi connectivity index (χ2n) is 5.15. The van der Waals surface area contributed by atoms with Gasteiger partial charge in [-0.1, -0.05) is 20.3 Å². The van der Waals surface area contributed by atoms with Gasteiger partial charge in [0.25, 0.3) is 0 Å². The van der Waals surface area contributed by atoms with Crippen molar-refractivity contribution in [2.45, 2.75) is 52.2 Å². The molecule has 100 valence electrons. The van der Waals surface area contributed by atoms with Crippen LogP contribution < -0.4 is 5.32 Å². The van der Waals surface area contributed by atoms with Crippen LogP contribution in [0.1, 0.15) is 40.0 Å². The summed E-state index contributed by atoms with van der Waals surface area (Å²) in [6.45, 7) is 7.20. The minimum atomic E-state index is 0.0243. The number of unbranched alkanes of at least 4 members (excludes halogenated alkanes) is 2. The lowest BCUT2D eigenvalue weighted by Crippen LogP contribution is -2.35. The maximum absolute atomic E-state index is 12.1. The predicted octanol–water partition coefficient (Wildman–Crippen LogP) is 2.32. The van der Waals surface area contributed by atoms with Crippen molar-refractivity contribution in [1.82, 2.24) is 10.2 Å². The van der Waals surface area contributed by atoms with Crippen LogP contribution >= 0.6 is 11.8 Å². The summed E-state index contributed by atoms with van der Waals surface area (Å²) in [5.74, 6) is 1.90. The molecule has 0 bridgehead atoms. The van der Waals surface area contributed by atoms with Gasteiger partial charge in [-0.3, -0.25) is 10.1 Å². The van der Waals surface area contributed by atoms with Gasteiger partial charge in [-0.15, -0.1) is 0 Å². The molecule has 0 spiro atoms. The lowest BCUT2D eigenvalue weighted by atomic mass is 10.1. The first-order chi connectivity index (χ1) is 8.07. The van der Waals surface area contributed by atoms with E-state index in [2.05, 4.69) is 32.3 Å². The number of carbonyl (C=O) groups is 1. The third-order valence-electron chi connectivity index (χ3n) is 3.35. The smallest absolute Gasteiger partial charge is 0.241 e. The average molecular weight is 258 g/mol. The Kier molecular flexibility index (Phi) is 6.34. The number of amides is 1. The Morgan fingerprint density at radius 2 is 2.06 bits per heavy atom. The Balaban J connectivity index is 2.31. The molecule has 1 heterocycles. The molecule has 17 heavy (non-hydrogen) atoms. The van der Waals surface area contributed by atoms with Crippen molar-refractivity contribution in [2.75, 3.05) is 18.6 Å². The van der Waals surface area contributed by atoms with Crippen LogP contribution in [0.25, 0.3) is 0 Å². The Labute approximate surface area is 110 Å². The summed E-state index contributed by atoms with van der Waals surface area (Å²) in [6.07, 6.45) is 5.96. The van der Waals surface area contributed by atoms with Crippen LogP contribution in [0.15, 0.2) is 0 Å². The third-order valence-corrected chi connectivity index (χ3v) is 4.05. The van der Waals surface area contributed by atoms with E-state index in [1.54, 1.807) is 0 Å². The summed E-state index contributed by atoms with van der Waals surface area (Å²) in [5, 5.41) is 3.38. The summed E-state index contributed by atoms with van der Waals surface area (Å²) in [4.78, 5) is 14.1. The highest BCUT2D eigenvalue weighted by molar-refractivity contribution is 7.98. The number of hydrogen-bond acceptors (Lipinski definition) is 3. The lowest BCUT2D eigenvalue weighted by Gasteiger charge is -2.20. The number of thioether (sulfide) groups is 1. The molecule has 4 heteroatoms.